The van der Waals surface area contributed by atoms with Crippen molar-refractivity contribution < 1.29 is 14.3 Å². The Morgan fingerprint density at radius 3 is 2.67 bits per heavy atom. The molecule has 6 nitrogen and oxygen atoms in total. The van der Waals surface area contributed by atoms with Crippen molar-refractivity contribution in [3.63, 3.8) is 0 Å². The topological polar surface area (TPSA) is 72.7 Å². The highest BCUT2D eigenvalue weighted by Crippen LogP contribution is 2.20. The molecule has 2 aromatic carbocycles. The standard InChI is InChI=1S/C21H21N3O3/c1-3-27-20(25)14-24-13-16(18-10-6-7-11-19(18)24)12-22-23-21(26)17-9-5-4-8-15(17)2/h4-13H,3,14H2,1-2H3,(H,23,26)/b22-12-. The molecule has 1 heterocycles. The van der Waals surface area contributed by atoms with Crippen LogP contribution in [-0.4, -0.2) is 29.3 Å². The number of ether oxygens (including phenoxy) is 1. The lowest BCUT2D eigenvalue weighted by Gasteiger charge is -2.04. The molecule has 6 heteroatoms. The number of fused-ring (bicyclic) bond motifs is 1. The first kappa shape index (κ1) is 18.4. The molecule has 0 unspecified atom stereocenters. The Hall–Kier alpha value is -3.41. The number of carbonyl (C=O) groups excluding carboxylic acids is 2. The van der Waals surface area contributed by atoms with E-state index in [4.69, 9.17) is 4.74 Å². The first-order chi connectivity index (χ1) is 13.1. The normalized spacial score (nSPS) is 11.0. The van der Waals surface area contributed by atoms with Crippen molar-refractivity contribution in [1.82, 2.24) is 9.99 Å². The highest BCUT2D eigenvalue weighted by atomic mass is 16.5. The van der Waals surface area contributed by atoms with Crippen molar-refractivity contribution in [2.75, 3.05) is 6.61 Å². The van der Waals surface area contributed by atoms with E-state index in [0.29, 0.717) is 12.2 Å². The number of aromatic nitrogens is 1. The van der Waals surface area contributed by atoms with Gasteiger partial charge in [-0.05, 0) is 31.5 Å². The lowest BCUT2D eigenvalue weighted by molar-refractivity contribution is -0.143. The average Bonchev–Trinajstić information content (AvgIpc) is 3.00. The summed E-state index contributed by atoms with van der Waals surface area (Å²) in [5, 5.41) is 5.02. The summed E-state index contributed by atoms with van der Waals surface area (Å²) in [7, 11) is 0. The predicted octanol–water partition coefficient (Wildman–Crippen LogP) is 3.28. The summed E-state index contributed by atoms with van der Waals surface area (Å²) < 4.78 is 6.84. The Morgan fingerprint density at radius 2 is 1.89 bits per heavy atom. The first-order valence-corrected chi connectivity index (χ1v) is 8.72. The number of hydrogen-bond donors (Lipinski definition) is 1. The van der Waals surface area contributed by atoms with Crippen LogP contribution >= 0.6 is 0 Å². The molecule has 0 saturated carbocycles. The fraction of sp³-hybridized carbons (Fsp3) is 0.190. The molecule has 3 rings (SSSR count). The van der Waals surface area contributed by atoms with Crippen LogP contribution in [0, 0.1) is 6.92 Å². The molecule has 0 spiro atoms. The lowest BCUT2D eigenvalue weighted by atomic mass is 10.1. The van der Waals surface area contributed by atoms with Gasteiger partial charge < -0.3 is 9.30 Å². The van der Waals surface area contributed by atoms with Crippen LogP contribution in [0.5, 0.6) is 0 Å². The van der Waals surface area contributed by atoms with Crippen LogP contribution in [0.3, 0.4) is 0 Å². The second-order valence-electron chi connectivity index (χ2n) is 6.05. The summed E-state index contributed by atoms with van der Waals surface area (Å²) in [6.07, 6.45) is 3.41. The van der Waals surface area contributed by atoms with Crippen molar-refractivity contribution >= 4 is 29.0 Å². The molecule has 0 radical (unpaired) electrons. The molecule has 0 saturated heterocycles. The smallest absolute Gasteiger partial charge is 0.325 e. The first-order valence-electron chi connectivity index (χ1n) is 8.72. The van der Waals surface area contributed by atoms with Crippen molar-refractivity contribution in [2.24, 2.45) is 5.10 Å². The fourth-order valence-electron chi connectivity index (χ4n) is 2.90. The minimum absolute atomic E-state index is 0.123. The molecular weight excluding hydrogens is 342 g/mol. The van der Waals surface area contributed by atoms with Gasteiger partial charge in [-0.1, -0.05) is 36.4 Å². The van der Waals surface area contributed by atoms with Crippen molar-refractivity contribution in [2.45, 2.75) is 20.4 Å². The quantitative estimate of drug-likeness (QED) is 0.415. The number of para-hydroxylation sites is 1. The van der Waals surface area contributed by atoms with Crippen molar-refractivity contribution in [3.8, 4) is 0 Å². The summed E-state index contributed by atoms with van der Waals surface area (Å²) in [6, 6.07) is 15.0. The zero-order valence-corrected chi connectivity index (χ0v) is 15.3. The number of aryl methyl sites for hydroxylation is 1. The lowest BCUT2D eigenvalue weighted by Crippen LogP contribution is -2.18. The fourth-order valence-corrected chi connectivity index (χ4v) is 2.90. The summed E-state index contributed by atoms with van der Waals surface area (Å²) in [6.45, 7) is 4.12. The van der Waals surface area contributed by atoms with Crippen LogP contribution in [-0.2, 0) is 16.1 Å². The minimum atomic E-state index is -0.297. The molecule has 0 aliphatic carbocycles. The van der Waals surface area contributed by atoms with E-state index in [-0.39, 0.29) is 18.4 Å². The zero-order valence-electron chi connectivity index (χ0n) is 15.3. The monoisotopic (exact) mass is 363 g/mol. The molecule has 1 aromatic heterocycles. The van der Waals surface area contributed by atoms with Gasteiger partial charge in [0.2, 0.25) is 0 Å². The van der Waals surface area contributed by atoms with Gasteiger partial charge in [0.05, 0.1) is 12.8 Å². The molecule has 1 amide bonds. The zero-order chi connectivity index (χ0) is 19.2. The molecular formula is C21H21N3O3. The summed E-state index contributed by atoms with van der Waals surface area (Å²) in [5.41, 5.74) is 5.73. The maximum absolute atomic E-state index is 12.3. The van der Waals surface area contributed by atoms with Crippen LogP contribution in [0.2, 0.25) is 0 Å². The van der Waals surface area contributed by atoms with Gasteiger partial charge in [0.1, 0.15) is 6.54 Å². The van der Waals surface area contributed by atoms with Crippen LogP contribution < -0.4 is 5.43 Å². The second kappa shape index (κ2) is 8.31. The molecule has 27 heavy (non-hydrogen) atoms. The third-order valence-electron chi connectivity index (χ3n) is 4.18. The summed E-state index contributed by atoms with van der Waals surface area (Å²) in [4.78, 5) is 24.1. The third-order valence-corrected chi connectivity index (χ3v) is 4.18. The van der Waals surface area contributed by atoms with E-state index in [1.54, 1.807) is 19.2 Å². The molecule has 0 aliphatic rings. The average molecular weight is 363 g/mol. The van der Waals surface area contributed by atoms with Gasteiger partial charge >= 0.3 is 5.97 Å². The van der Waals surface area contributed by atoms with E-state index >= 15 is 0 Å². The maximum atomic E-state index is 12.3. The Morgan fingerprint density at radius 1 is 1.15 bits per heavy atom. The molecule has 3 aromatic rings. The molecule has 138 valence electrons. The molecule has 0 aliphatic heterocycles. The van der Waals surface area contributed by atoms with Crippen LogP contribution in [0.4, 0.5) is 0 Å². The van der Waals surface area contributed by atoms with E-state index in [1.807, 2.05) is 60.2 Å². The number of hydrazone groups is 1. The number of carbonyl (C=O) groups is 2. The second-order valence-corrected chi connectivity index (χ2v) is 6.05. The Labute approximate surface area is 157 Å². The van der Waals surface area contributed by atoms with Gasteiger partial charge in [-0.25, -0.2) is 5.43 Å². The van der Waals surface area contributed by atoms with E-state index in [2.05, 4.69) is 10.5 Å². The summed E-state index contributed by atoms with van der Waals surface area (Å²) in [5.74, 6) is -0.561. The van der Waals surface area contributed by atoms with Gasteiger partial charge in [-0.2, -0.15) is 5.10 Å². The largest absolute Gasteiger partial charge is 0.465 e. The Balaban J connectivity index is 1.80. The SMILES string of the molecule is CCOC(=O)Cn1cc(/C=N\NC(=O)c2ccccc2C)c2ccccc21. The number of nitrogens with zero attached hydrogens (tertiary/aromatic N) is 2. The van der Waals surface area contributed by atoms with Gasteiger partial charge in [-0.15, -0.1) is 0 Å². The number of esters is 1. The van der Waals surface area contributed by atoms with Crippen molar-refractivity contribution in [3.05, 3.63) is 71.4 Å². The van der Waals surface area contributed by atoms with E-state index < -0.39 is 0 Å². The Kier molecular flexibility index (Phi) is 5.66. The summed E-state index contributed by atoms with van der Waals surface area (Å²) >= 11 is 0. The molecule has 0 atom stereocenters. The van der Waals surface area contributed by atoms with E-state index in [9.17, 15) is 9.59 Å². The van der Waals surface area contributed by atoms with Crippen LogP contribution in [0.1, 0.15) is 28.4 Å². The minimum Gasteiger partial charge on any atom is -0.465 e. The Bertz CT molecular complexity index is 1000. The highest BCUT2D eigenvalue weighted by molar-refractivity contribution is 6.01. The highest BCUT2D eigenvalue weighted by Gasteiger charge is 2.11. The number of amides is 1. The van der Waals surface area contributed by atoms with Gasteiger partial charge in [0.15, 0.2) is 0 Å². The van der Waals surface area contributed by atoms with Crippen molar-refractivity contribution in [1.29, 1.82) is 0 Å². The van der Waals surface area contributed by atoms with Crippen LogP contribution in [0.15, 0.2) is 59.8 Å². The third kappa shape index (κ3) is 4.23. The number of hydrogen-bond acceptors (Lipinski definition) is 4. The van der Waals surface area contributed by atoms with Gasteiger partial charge in [0.25, 0.3) is 5.91 Å². The molecule has 0 bridgehead atoms. The number of benzene rings is 2. The molecule has 1 N–H and O–H groups in total. The maximum Gasteiger partial charge on any atom is 0.325 e. The predicted molar refractivity (Wildman–Crippen MR) is 105 cm³/mol. The number of nitrogens with one attached hydrogen (secondary N) is 1. The number of rotatable bonds is 6. The van der Waals surface area contributed by atoms with Crippen LogP contribution in [0.25, 0.3) is 10.9 Å². The van der Waals surface area contributed by atoms with E-state index in [1.165, 1.54) is 0 Å². The molecule has 0 fully saturated rings. The van der Waals surface area contributed by atoms with E-state index in [0.717, 1.165) is 22.0 Å². The van der Waals surface area contributed by atoms with Gasteiger partial charge in [-0.3, -0.25) is 9.59 Å². The van der Waals surface area contributed by atoms with Gasteiger partial charge in [0, 0.05) is 28.2 Å².